The molecule has 0 aliphatic rings. The van der Waals surface area contributed by atoms with Gasteiger partial charge in [-0.15, -0.1) is 0 Å². The highest BCUT2D eigenvalue weighted by Crippen LogP contribution is 2.25. The Morgan fingerprint density at radius 2 is 2.06 bits per heavy atom. The van der Waals surface area contributed by atoms with Gasteiger partial charge in [0.1, 0.15) is 5.75 Å². The molecule has 0 radical (unpaired) electrons. The van der Waals surface area contributed by atoms with Crippen molar-refractivity contribution < 1.29 is 4.74 Å². The van der Waals surface area contributed by atoms with Gasteiger partial charge in [0, 0.05) is 5.39 Å². The zero-order chi connectivity index (χ0) is 11.4. The Balaban J connectivity index is 2.39. The number of ether oxygens (including phenoxy) is 1. The molecule has 0 amide bonds. The lowest BCUT2D eigenvalue weighted by atomic mass is 10.0. The molecule has 1 N–H and O–H groups in total. The van der Waals surface area contributed by atoms with Crippen LogP contribution in [0.15, 0.2) is 36.4 Å². The van der Waals surface area contributed by atoms with Crippen molar-refractivity contribution in [3.8, 4) is 5.75 Å². The van der Waals surface area contributed by atoms with Gasteiger partial charge in [0.25, 0.3) is 0 Å². The Hall–Kier alpha value is -1.54. The van der Waals surface area contributed by atoms with Gasteiger partial charge >= 0.3 is 0 Å². The molecule has 0 atom stereocenters. The van der Waals surface area contributed by atoms with Crippen LogP contribution < -0.4 is 10.1 Å². The minimum atomic E-state index is 0.942. The predicted molar refractivity (Wildman–Crippen MR) is 68.1 cm³/mol. The van der Waals surface area contributed by atoms with E-state index in [0.29, 0.717) is 0 Å². The minimum Gasteiger partial charge on any atom is -0.496 e. The van der Waals surface area contributed by atoms with Gasteiger partial charge in [-0.3, -0.25) is 0 Å². The van der Waals surface area contributed by atoms with E-state index in [4.69, 9.17) is 4.74 Å². The predicted octanol–water partition coefficient (Wildman–Crippen LogP) is 2.61. The van der Waals surface area contributed by atoms with Crippen LogP contribution in [0.2, 0.25) is 0 Å². The molecule has 0 spiro atoms. The first kappa shape index (κ1) is 11.0. The lowest BCUT2D eigenvalue weighted by Gasteiger charge is -2.07. The van der Waals surface area contributed by atoms with Crippen molar-refractivity contribution in [1.82, 2.24) is 5.32 Å². The second-order valence-corrected chi connectivity index (χ2v) is 3.87. The summed E-state index contributed by atoms with van der Waals surface area (Å²) >= 11 is 0. The largest absolute Gasteiger partial charge is 0.496 e. The maximum atomic E-state index is 5.34. The molecule has 2 aromatic carbocycles. The second kappa shape index (κ2) is 4.99. The first-order valence-corrected chi connectivity index (χ1v) is 5.55. The van der Waals surface area contributed by atoms with Gasteiger partial charge in [0.2, 0.25) is 0 Å². The zero-order valence-electron chi connectivity index (χ0n) is 9.79. The Morgan fingerprint density at radius 1 is 1.19 bits per heavy atom. The smallest absolute Gasteiger partial charge is 0.126 e. The van der Waals surface area contributed by atoms with E-state index in [1.54, 1.807) is 7.11 Å². The number of likely N-dealkylation sites (N-methyl/N-ethyl adjacent to an activating group) is 1. The lowest BCUT2D eigenvalue weighted by Crippen LogP contribution is -2.10. The van der Waals surface area contributed by atoms with E-state index in [1.807, 2.05) is 19.2 Å². The maximum absolute atomic E-state index is 5.34. The van der Waals surface area contributed by atoms with E-state index in [-0.39, 0.29) is 0 Å². The van der Waals surface area contributed by atoms with Crippen LogP contribution in [-0.4, -0.2) is 20.7 Å². The highest BCUT2D eigenvalue weighted by atomic mass is 16.5. The standard InChI is InChI=1S/C14H17NO/c1-15-9-8-11-6-7-13-12(10-11)4-3-5-14(13)16-2/h3-7,10,15H,8-9H2,1-2H3. The van der Waals surface area contributed by atoms with Crippen LogP contribution in [0, 0.1) is 0 Å². The number of fused-ring (bicyclic) bond motifs is 1. The molecule has 0 aliphatic carbocycles. The molecule has 0 fully saturated rings. The molecule has 2 rings (SSSR count). The van der Waals surface area contributed by atoms with Crippen molar-refractivity contribution in [1.29, 1.82) is 0 Å². The fraction of sp³-hybridized carbons (Fsp3) is 0.286. The number of rotatable bonds is 4. The van der Waals surface area contributed by atoms with Crippen molar-refractivity contribution in [3.05, 3.63) is 42.0 Å². The highest BCUT2D eigenvalue weighted by molar-refractivity contribution is 5.88. The Kier molecular flexibility index (Phi) is 3.42. The summed E-state index contributed by atoms with van der Waals surface area (Å²) < 4.78 is 5.34. The van der Waals surface area contributed by atoms with Crippen LogP contribution in [0.1, 0.15) is 5.56 Å². The lowest BCUT2D eigenvalue weighted by molar-refractivity contribution is 0.420. The molecular weight excluding hydrogens is 198 g/mol. The van der Waals surface area contributed by atoms with E-state index in [2.05, 4.69) is 29.6 Å². The molecule has 0 aromatic heterocycles. The SMILES string of the molecule is CNCCc1ccc2c(OC)cccc2c1. The molecule has 0 bridgehead atoms. The monoisotopic (exact) mass is 215 g/mol. The molecule has 0 heterocycles. The molecule has 16 heavy (non-hydrogen) atoms. The Bertz CT molecular complexity index is 479. The molecule has 0 unspecified atom stereocenters. The summed E-state index contributed by atoms with van der Waals surface area (Å²) in [6.45, 7) is 1.01. The molecular formula is C14H17NO. The summed E-state index contributed by atoms with van der Waals surface area (Å²) in [5, 5.41) is 5.58. The third-order valence-corrected chi connectivity index (χ3v) is 2.79. The van der Waals surface area contributed by atoms with E-state index in [9.17, 15) is 0 Å². The summed E-state index contributed by atoms with van der Waals surface area (Å²) in [5.74, 6) is 0.942. The van der Waals surface area contributed by atoms with Crippen LogP contribution in [0.25, 0.3) is 10.8 Å². The molecule has 2 aromatic rings. The van der Waals surface area contributed by atoms with Gasteiger partial charge in [0.05, 0.1) is 7.11 Å². The number of hydrogen-bond donors (Lipinski definition) is 1. The first-order valence-electron chi connectivity index (χ1n) is 5.55. The van der Waals surface area contributed by atoms with E-state index < -0.39 is 0 Å². The molecule has 0 aliphatic heterocycles. The van der Waals surface area contributed by atoms with Crippen LogP contribution in [0.5, 0.6) is 5.75 Å². The normalized spacial score (nSPS) is 10.6. The van der Waals surface area contributed by atoms with Crippen molar-refractivity contribution in [3.63, 3.8) is 0 Å². The fourth-order valence-corrected chi connectivity index (χ4v) is 1.91. The second-order valence-electron chi connectivity index (χ2n) is 3.87. The number of nitrogens with one attached hydrogen (secondary N) is 1. The van der Waals surface area contributed by atoms with Crippen LogP contribution in [-0.2, 0) is 6.42 Å². The molecule has 84 valence electrons. The first-order chi connectivity index (χ1) is 7.85. The quantitative estimate of drug-likeness (QED) is 0.846. The van der Waals surface area contributed by atoms with Crippen LogP contribution in [0.3, 0.4) is 0 Å². The Labute approximate surface area is 96.2 Å². The van der Waals surface area contributed by atoms with Gasteiger partial charge in [0.15, 0.2) is 0 Å². The maximum Gasteiger partial charge on any atom is 0.126 e. The summed E-state index contributed by atoms with van der Waals surface area (Å²) in [6, 6.07) is 12.7. The number of methoxy groups -OCH3 is 1. The van der Waals surface area contributed by atoms with E-state index in [1.165, 1.54) is 16.3 Å². The van der Waals surface area contributed by atoms with Crippen LogP contribution in [0.4, 0.5) is 0 Å². The van der Waals surface area contributed by atoms with E-state index >= 15 is 0 Å². The molecule has 0 saturated heterocycles. The topological polar surface area (TPSA) is 21.3 Å². The number of benzene rings is 2. The molecule has 2 heteroatoms. The fourth-order valence-electron chi connectivity index (χ4n) is 1.91. The van der Waals surface area contributed by atoms with Crippen molar-refractivity contribution >= 4 is 10.8 Å². The van der Waals surface area contributed by atoms with Crippen LogP contribution >= 0.6 is 0 Å². The van der Waals surface area contributed by atoms with Crippen molar-refractivity contribution in [2.24, 2.45) is 0 Å². The molecule has 0 saturated carbocycles. The summed E-state index contributed by atoms with van der Waals surface area (Å²) in [4.78, 5) is 0. The van der Waals surface area contributed by atoms with Gasteiger partial charge in [-0.1, -0.05) is 30.3 Å². The third kappa shape index (κ3) is 2.17. The van der Waals surface area contributed by atoms with Gasteiger partial charge in [-0.25, -0.2) is 0 Å². The third-order valence-electron chi connectivity index (χ3n) is 2.79. The van der Waals surface area contributed by atoms with Gasteiger partial charge in [-0.05, 0) is 37.0 Å². The average Bonchev–Trinajstić information content (AvgIpc) is 2.35. The summed E-state index contributed by atoms with van der Waals surface area (Å²) in [5.41, 5.74) is 1.36. The summed E-state index contributed by atoms with van der Waals surface area (Å²) in [7, 11) is 3.69. The Morgan fingerprint density at radius 3 is 2.81 bits per heavy atom. The average molecular weight is 215 g/mol. The van der Waals surface area contributed by atoms with Gasteiger partial charge in [-0.2, -0.15) is 0 Å². The van der Waals surface area contributed by atoms with Crippen molar-refractivity contribution in [2.75, 3.05) is 20.7 Å². The van der Waals surface area contributed by atoms with E-state index in [0.717, 1.165) is 18.7 Å². The van der Waals surface area contributed by atoms with Crippen molar-refractivity contribution in [2.45, 2.75) is 6.42 Å². The summed E-state index contributed by atoms with van der Waals surface area (Å²) in [6.07, 6.45) is 1.06. The highest BCUT2D eigenvalue weighted by Gasteiger charge is 2.01. The van der Waals surface area contributed by atoms with Gasteiger partial charge < -0.3 is 10.1 Å². The number of hydrogen-bond acceptors (Lipinski definition) is 2. The minimum absolute atomic E-state index is 0.942. The molecule has 2 nitrogen and oxygen atoms in total. The zero-order valence-corrected chi connectivity index (χ0v) is 9.79.